The number of rotatable bonds is 6. The molecule has 1 heterocycles. The van der Waals surface area contributed by atoms with Crippen molar-refractivity contribution in [2.45, 2.75) is 32.9 Å². The monoisotopic (exact) mass is 355 g/mol. The molecule has 0 saturated carbocycles. The molecule has 20 heavy (non-hydrogen) atoms. The van der Waals surface area contributed by atoms with Crippen molar-refractivity contribution in [1.29, 1.82) is 0 Å². The highest BCUT2D eigenvalue weighted by molar-refractivity contribution is 9.10. The van der Waals surface area contributed by atoms with Crippen molar-refractivity contribution in [2.24, 2.45) is 0 Å². The molecular formula is C15H19BrClN3. The fourth-order valence-corrected chi connectivity index (χ4v) is 2.74. The highest BCUT2D eigenvalue weighted by atomic mass is 79.9. The second kappa shape index (κ2) is 7.25. The van der Waals surface area contributed by atoms with Crippen LogP contribution in [0, 0.1) is 0 Å². The zero-order valence-electron chi connectivity index (χ0n) is 11.7. The second-order valence-corrected chi connectivity index (χ2v) is 5.96. The van der Waals surface area contributed by atoms with Crippen LogP contribution in [0.15, 0.2) is 34.9 Å². The van der Waals surface area contributed by atoms with Crippen LogP contribution in [-0.4, -0.2) is 16.3 Å². The first kappa shape index (κ1) is 15.5. The van der Waals surface area contributed by atoms with Crippen LogP contribution >= 0.6 is 27.5 Å². The molecule has 1 N–H and O–H groups in total. The molecule has 5 heteroatoms. The SMILES string of the molecule is CCCNC(c1ccc(Br)cc1)c1c(Cl)cnn1CC. The van der Waals surface area contributed by atoms with Crippen molar-refractivity contribution >= 4 is 27.5 Å². The molecule has 0 aliphatic heterocycles. The van der Waals surface area contributed by atoms with Crippen LogP contribution in [0.3, 0.4) is 0 Å². The standard InChI is InChI=1S/C15H19BrClN3/c1-3-9-18-14(11-5-7-12(16)8-6-11)15-13(17)10-19-20(15)4-2/h5-8,10,14,18H,3-4,9H2,1-2H3. The van der Waals surface area contributed by atoms with Gasteiger partial charge in [-0.25, -0.2) is 0 Å². The Bertz CT molecular complexity index is 551. The van der Waals surface area contributed by atoms with Gasteiger partial charge in [-0.3, -0.25) is 4.68 Å². The molecule has 0 aliphatic rings. The average Bonchev–Trinajstić information content (AvgIpc) is 2.82. The van der Waals surface area contributed by atoms with Crippen LogP contribution in [0.2, 0.25) is 5.02 Å². The number of benzene rings is 1. The lowest BCUT2D eigenvalue weighted by Crippen LogP contribution is -2.26. The molecule has 3 nitrogen and oxygen atoms in total. The Morgan fingerprint density at radius 1 is 1.30 bits per heavy atom. The van der Waals surface area contributed by atoms with E-state index in [0.717, 1.165) is 29.7 Å². The van der Waals surface area contributed by atoms with Gasteiger partial charge in [0, 0.05) is 11.0 Å². The molecule has 0 bridgehead atoms. The Balaban J connectivity index is 2.41. The number of aryl methyl sites for hydroxylation is 1. The summed E-state index contributed by atoms with van der Waals surface area (Å²) in [6, 6.07) is 8.40. The summed E-state index contributed by atoms with van der Waals surface area (Å²) in [6.07, 6.45) is 2.80. The summed E-state index contributed by atoms with van der Waals surface area (Å²) in [5, 5.41) is 8.62. The number of halogens is 2. The minimum Gasteiger partial charge on any atom is -0.305 e. The highest BCUT2D eigenvalue weighted by Gasteiger charge is 2.21. The van der Waals surface area contributed by atoms with Crippen molar-refractivity contribution in [3.63, 3.8) is 0 Å². The molecule has 2 rings (SSSR count). The summed E-state index contributed by atoms with van der Waals surface area (Å²) < 4.78 is 3.03. The van der Waals surface area contributed by atoms with Gasteiger partial charge in [0.2, 0.25) is 0 Å². The Morgan fingerprint density at radius 3 is 2.60 bits per heavy atom. The van der Waals surface area contributed by atoms with E-state index in [4.69, 9.17) is 11.6 Å². The van der Waals surface area contributed by atoms with Crippen LogP contribution in [0.25, 0.3) is 0 Å². The summed E-state index contributed by atoms with van der Waals surface area (Å²) >= 11 is 9.82. The fourth-order valence-electron chi connectivity index (χ4n) is 2.23. The van der Waals surface area contributed by atoms with Crippen molar-refractivity contribution in [2.75, 3.05) is 6.54 Å². The summed E-state index contributed by atoms with van der Waals surface area (Å²) in [5.74, 6) is 0. The van der Waals surface area contributed by atoms with E-state index >= 15 is 0 Å². The van der Waals surface area contributed by atoms with Gasteiger partial charge in [-0.05, 0) is 37.6 Å². The third-order valence-electron chi connectivity index (χ3n) is 3.21. The largest absolute Gasteiger partial charge is 0.305 e. The second-order valence-electron chi connectivity index (χ2n) is 4.63. The quantitative estimate of drug-likeness (QED) is 0.831. The third kappa shape index (κ3) is 3.43. The lowest BCUT2D eigenvalue weighted by Gasteiger charge is -2.21. The molecule has 0 aliphatic carbocycles. The first-order valence-corrected chi connectivity index (χ1v) is 8.04. The molecule has 2 aromatic rings. The lowest BCUT2D eigenvalue weighted by molar-refractivity contribution is 0.530. The van der Waals surface area contributed by atoms with E-state index < -0.39 is 0 Å². The van der Waals surface area contributed by atoms with Crippen LogP contribution in [0.1, 0.15) is 37.6 Å². The van der Waals surface area contributed by atoms with E-state index in [1.165, 1.54) is 5.56 Å². The molecular weight excluding hydrogens is 338 g/mol. The molecule has 1 unspecified atom stereocenters. The van der Waals surface area contributed by atoms with Gasteiger partial charge in [0.25, 0.3) is 0 Å². The Morgan fingerprint density at radius 2 is 2.00 bits per heavy atom. The predicted octanol–water partition coefficient (Wildman–Crippen LogP) is 4.41. The van der Waals surface area contributed by atoms with Crippen LogP contribution < -0.4 is 5.32 Å². The van der Waals surface area contributed by atoms with Gasteiger partial charge in [-0.15, -0.1) is 0 Å². The van der Waals surface area contributed by atoms with Crippen LogP contribution in [-0.2, 0) is 6.54 Å². The van der Waals surface area contributed by atoms with Crippen molar-refractivity contribution in [1.82, 2.24) is 15.1 Å². The van der Waals surface area contributed by atoms with Crippen LogP contribution in [0.4, 0.5) is 0 Å². The van der Waals surface area contributed by atoms with Crippen molar-refractivity contribution in [3.05, 3.63) is 51.2 Å². The smallest absolute Gasteiger partial charge is 0.0837 e. The summed E-state index contributed by atoms with van der Waals surface area (Å²) in [6.45, 7) is 5.98. The van der Waals surface area contributed by atoms with E-state index in [0.29, 0.717) is 5.02 Å². The van der Waals surface area contributed by atoms with E-state index in [-0.39, 0.29) is 6.04 Å². The normalized spacial score (nSPS) is 12.6. The molecule has 1 atom stereocenters. The molecule has 1 aromatic carbocycles. The predicted molar refractivity (Wildman–Crippen MR) is 87.2 cm³/mol. The number of hydrogen-bond acceptors (Lipinski definition) is 2. The minimum absolute atomic E-state index is 0.0676. The Labute approximate surface area is 133 Å². The van der Waals surface area contributed by atoms with E-state index in [9.17, 15) is 0 Å². The molecule has 0 saturated heterocycles. The average molecular weight is 357 g/mol. The molecule has 1 aromatic heterocycles. The topological polar surface area (TPSA) is 29.9 Å². The highest BCUT2D eigenvalue weighted by Crippen LogP contribution is 2.29. The lowest BCUT2D eigenvalue weighted by atomic mass is 10.0. The van der Waals surface area contributed by atoms with Gasteiger partial charge in [-0.2, -0.15) is 5.10 Å². The zero-order valence-corrected chi connectivity index (χ0v) is 14.1. The first-order valence-electron chi connectivity index (χ1n) is 6.87. The van der Waals surface area contributed by atoms with E-state index in [1.54, 1.807) is 6.20 Å². The minimum atomic E-state index is 0.0676. The van der Waals surface area contributed by atoms with Crippen LogP contribution in [0.5, 0.6) is 0 Å². The van der Waals surface area contributed by atoms with Gasteiger partial charge in [-0.1, -0.05) is 46.6 Å². The number of nitrogens with one attached hydrogen (secondary N) is 1. The molecule has 0 radical (unpaired) electrons. The molecule has 0 spiro atoms. The fraction of sp³-hybridized carbons (Fsp3) is 0.400. The van der Waals surface area contributed by atoms with Gasteiger partial charge in [0.05, 0.1) is 23.0 Å². The Kier molecular flexibility index (Phi) is 5.64. The maximum absolute atomic E-state index is 6.35. The number of aromatic nitrogens is 2. The Hall–Kier alpha value is -0.840. The van der Waals surface area contributed by atoms with E-state index in [1.807, 2.05) is 4.68 Å². The van der Waals surface area contributed by atoms with Gasteiger partial charge in [0.1, 0.15) is 0 Å². The number of hydrogen-bond donors (Lipinski definition) is 1. The van der Waals surface area contributed by atoms with Crippen molar-refractivity contribution in [3.8, 4) is 0 Å². The molecule has 0 fully saturated rings. The zero-order chi connectivity index (χ0) is 14.5. The molecule has 108 valence electrons. The number of nitrogens with zero attached hydrogens (tertiary/aromatic N) is 2. The summed E-state index contributed by atoms with van der Waals surface area (Å²) in [5.41, 5.74) is 2.23. The first-order chi connectivity index (χ1) is 9.67. The molecule has 0 amide bonds. The maximum Gasteiger partial charge on any atom is 0.0837 e. The third-order valence-corrected chi connectivity index (χ3v) is 4.03. The van der Waals surface area contributed by atoms with Gasteiger partial charge < -0.3 is 5.32 Å². The summed E-state index contributed by atoms with van der Waals surface area (Å²) in [4.78, 5) is 0. The van der Waals surface area contributed by atoms with Gasteiger partial charge >= 0.3 is 0 Å². The van der Waals surface area contributed by atoms with E-state index in [2.05, 4.69) is 64.5 Å². The van der Waals surface area contributed by atoms with Crippen molar-refractivity contribution < 1.29 is 0 Å². The maximum atomic E-state index is 6.35. The van der Waals surface area contributed by atoms with Gasteiger partial charge in [0.15, 0.2) is 0 Å². The summed E-state index contributed by atoms with van der Waals surface area (Å²) in [7, 11) is 0.